The zero-order valence-electron chi connectivity index (χ0n) is 8.97. The molecule has 0 atom stereocenters. The van der Waals surface area contributed by atoms with Gasteiger partial charge >= 0.3 is 8.60 Å². The van der Waals surface area contributed by atoms with E-state index >= 15 is 0 Å². The summed E-state index contributed by atoms with van der Waals surface area (Å²) < 4.78 is 16.6. The van der Waals surface area contributed by atoms with E-state index in [0.29, 0.717) is 13.2 Å². The molecule has 0 aliphatic carbocycles. The third-order valence-electron chi connectivity index (χ3n) is 2.04. The summed E-state index contributed by atoms with van der Waals surface area (Å²) in [5.74, 6) is 0.795. The van der Waals surface area contributed by atoms with Crippen LogP contribution in [-0.2, 0) is 9.05 Å². The summed E-state index contributed by atoms with van der Waals surface area (Å²) in [5, 5.41) is 0. The molecule has 0 saturated carbocycles. The Kier molecular flexibility index (Phi) is 3.25. The Balaban J connectivity index is 1.88. The Morgan fingerprint density at radius 1 is 1.13 bits per heavy atom. The van der Waals surface area contributed by atoms with Gasteiger partial charge < -0.3 is 13.6 Å². The Morgan fingerprint density at radius 3 is 2.33 bits per heavy atom. The average molecular weight is 226 g/mol. The molecule has 1 fully saturated rings. The fourth-order valence-electron chi connectivity index (χ4n) is 1.15. The van der Waals surface area contributed by atoms with Crippen LogP contribution in [0.4, 0.5) is 0 Å². The van der Waals surface area contributed by atoms with E-state index in [0.717, 1.165) is 5.75 Å². The minimum absolute atomic E-state index is 0.0961. The number of rotatable bonds is 2. The van der Waals surface area contributed by atoms with Gasteiger partial charge in [-0.15, -0.1) is 0 Å². The average Bonchev–Trinajstić information content (AvgIpc) is 2.23. The van der Waals surface area contributed by atoms with E-state index in [9.17, 15) is 0 Å². The van der Waals surface area contributed by atoms with Crippen LogP contribution in [-0.4, -0.2) is 13.2 Å². The molecule has 1 heterocycles. The second-order valence-electron chi connectivity index (χ2n) is 4.34. The van der Waals surface area contributed by atoms with Crippen molar-refractivity contribution in [1.82, 2.24) is 0 Å². The Bertz CT molecular complexity index is 303. The molecule has 1 saturated heterocycles. The topological polar surface area (TPSA) is 27.7 Å². The highest BCUT2D eigenvalue weighted by molar-refractivity contribution is 7.42. The first kappa shape index (κ1) is 10.9. The van der Waals surface area contributed by atoms with Gasteiger partial charge in [0.2, 0.25) is 0 Å². The van der Waals surface area contributed by atoms with Crippen LogP contribution in [0.3, 0.4) is 0 Å². The molecule has 1 aromatic carbocycles. The molecular formula is C11H15O3P. The summed E-state index contributed by atoms with van der Waals surface area (Å²) in [5.41, 5.74) is 0.0961. The van der Waals surface area contributed by atoms with E-state index in [1.165, 1.54) is 0 Å². The first-order chi connectivity index (χ1) is 7.16. The van der Waals surface area contributed by atoms with Crippen LogP contribution in [0.25, 0.3) is 0 Å². The minimum atomic E-state index is -1.21. The molecule has 0 spiro atoms. The van der Waals surface area contributed by atoms with Crippen molar-refractivity contribution in [3.8, 4) is 5.75 Å². The van der Waals surface area contributed by atoms with E-state index in [2.05, 4.69) is 13.8 Å². The van der Waals surface area contributed by atoms with Gasteiger partial charge in [0.25, 0.3) is 0 Å². The molecule has 2 rings (SSSR count). The summed E-state index contributed by atoms with van der Waals surface area (Å²) in [6.07, 6.45) is 0. The maximum absolute atomic E-state index is 5.57. The van der Waals surface area contributed by atoms with Crippen molar-refractivity contribution < 1.29 is 13.6 Å². The maximum Gasteiger partial charge on any atom is 0.397 e. The molecular weight excluding hydrogens is 211 g/mol. The number of hydrogen-bond donors (Lipinski definition) is 0. The molecule has 0 aromatic heterocycles. The van der Waals surface area contributed by atoms with Crippen molar-refractivity contribution in [2.24, 2.45) is 5.41 Å². The highest BCUT2D eigenvalue weighted by Gasteiger charge is 2.31. The van der Waals surface area contributed by atoms with Gasteiger partial charge in [0, 0.05) is 5.41 Å². The molecule has 1 aliphatic rings. The second-order valence-corrected chi connectivity index (χ2v) is 5.49. The molecule has 0 N–H and O–H groups in total. The lowest BCUT2D eigenvalue weighted by Crippen LogP contribution is -2.28. The molecule has 1 aliphatic heterocycles. The fraction of sp³-hybridized carbons (Fsp3) is 0.455. The predicted octanol–water partition coefficient (Wildman–Crippen LogP) is 3.37. The lowest BCUT2D eigenvalue weighted by atomic mass is 9.97. The largest absolute Gasteiger partial charge is 0.427 e. The summed E-state index contributed by atoms with van der Waals surface area (Å²) in [6, 6.07) is 9.60. The van der Waals surface area contributed by atoms with Crippen LogP contribution in [0.15, 0.2) is 30.3 Å². The van der Waals surface area contributed by atoms with Crippen LogP contribution >= 0.6 is 8.60 Å². The zero-order valence-corrected chi connectivity index (χ0v) is 9.87. The Hall–Kier alpha value is -0.630. The van der Waals surface area contributed by atoms with Gasteiger partial charge in [-0.25, -0.2) is 0 Å². The van der Waals surface area contributed by atoms with Gasteiger partial charge in [0.15, 0.2) is 0 Å². The first-order valence-corrected chi connectivity index (χ1v) is 6.04. The van der Waals surface area contributed by atoms with Crippen LogP contribution in [0.5, 0.6) is 5.75 Å². The summed E-state index contributed by atoms with van der Waals surface area (Å²) in [4.78, 5) is 0. The van der Waals surface area contributed by atoms with Crippen molar-refractivity contribution in [3.63, 3.8) is 0 Å². The highest BCUT2D eigenvalue weighted by Crippen LogP contribution is 2.46. The van der Waals surface area contributed by atoms with Crippen LogP contribution < -0.4 is 4.52 Å². The van der Waals surface area contributed by atoms with E-state index < -0.39 is 8.60 Å². The smallest absolute Gasteiger partial charge is 0.397 e. The van der Waals surface area contributed by atoms with Gasteiger partial charge in [-0.3, -0.25) is 0 Å². The monoisotopic (exact) mass is 226 g/mol. The highest BCUT2D eigenvalue weighted by atomic mass is 31.2. The lowest BCUT2D eigenvalue weighted by molar-refractivity contribution is 0.0426. The zero-order chi connectivity index (χ0) is 10.7. The van der Waals surface area contributed by atoms with Gasteiger partial charge in [0.05, 0.1) is 13.2 Å². The lowest BCUT2D eigenvalue weighted by Gasteiger charge is -2.32. The number of benzene rings is 1. The third-order valence-corrected chi connectivity index (χ3v) is 3.08. The van der Waals surface area contributed by atoms with Gasteiger partial charge in [-0.2, -0.15) is 0 Å². The quantitative estimate of drug-likeness (QED) is 0.723. The van der Waals surface area contributed by atoms with Crippen LogP contribution in [0, 0.1) is 5.41 Å². The predicted molar refractivity (Wildman–Crippen MR) is 59.7 cm³/mol. The molecule has 0 bridgehead atoms. The maximum atomic E-state index is 5.57. The molecule has 0 radical (unpaired) electrons. The molecule has 0 unspecified atom stereocenters. The third kappa shape index (κ3) is 3.16. The SMILES string of the molecule is CC1(C)COP(Oc2ccccc2)OC1. The van der Waals surface area contributed by atoms with Crippen LogP contribution in [0.1, 0.15) is 13.8 Å². The van der Waals surface area contributed by atoms with Crippen molar-refractivity contribution in [2.45, 2.75) is 13.8 Å². The van der Waals surface area contributed by atoms with Crippen LogP contribution in [0.2, 0.25) is 0 Å². The molecule has 0 amide bonds. The van der Waals surface area contributed by atoms with Gasteiger partial charge in [0.1, 0.15) is 5.75 Å². The normalized spacial score (nSPS) is 21.2. The summed E-state index contributed by atoms with van der Waals surface area (Å²) in [6.45, 7) is 5.60. The second kappa shape index (κ2) is 4.48. The Morgan fingerprint density at radius 2 is 1.73 bits per heavy atom. The summed E-state index contributed by atoms with van der Waals surface area (Å²) >= 11 is 0. The molecule has 82 valence electrons. The molecule has 1 aromatic rings. The van der Waals surface area contributed by atoms with Crippen molar-refractivity contribution in [1.29, 1.82) is 0 Å². The van der Waals surface area contributed by atoms with E-state index in [-0.39, 0.29) is 5.41 Å². The van der Waals surface area contributed by atoms with Gasteiger partial charge in [-0.05, 0) is 12.1 Å². The van der Waals surface area contributed by atoms with Gasteiger partial charge in [-0.1, -0.05) is 32.0 Å². The van der Waals surface area contributed by atoms with E-state index in [1.807, 2.05) is 30.3 Å². The molecule has 15 heavy (non-hydrogen) atoms. The standard InChI is InChI=1S/C11H15O3P/c1-11(2)8-12-15(13-9-11)14-10-6-4-3-5-7-10/h3-7H,8-9H2,1-2H3. The fourth-order valence-corrected chi connectivity index (χ4v) is 2.54. The number of para-hydroxylation sites is 1. The molecule has 4 heteroatoms. The van der Waals surface area contributed by atoms with Crippen molar-refractivity contribution >= 4 is 8.60 Å². The summed E-state index contributed by atoms with van der Waals surface area (Å²) in [7, 11) is -1.21. The van der Waals surface area contributed by atoms with E-state index in [4.69, 9.17) is 13.6 Å². The molecule has 3 nitrogen and oxygen atoms in total. The minimum Gasteiger partial charge on any atom is -0.427 e. The number of hydrogen-bond acceptors (Lipinski definition) is 3. The van der Waals surface area contributed by atoms with Crippen molar-refractivity contribution in [2.75, 3.05) is 13.2 Å². The van der Waals surface area contributed by atoms with Crippen molar-refractivity contribution in [3.05, 3.63) is 30.3 Å². The Labute approximate surface area is 91.4 Å². The first-order valence-electron chi connectivity index (χ1n) is 4.95. The van der Waals surface area contributed by atoms with E-state index in [1.54, 1.807) is 0 Å².